The van der Waals surface area contributed by atoms with E-state index in [1.54, 1.807) is 0 Å². The van der Waals surface area contributed by atoms with Gasteiger partial charge in [-0.15, -0.1) is 6.42 Å². The summed E-state index contributed by atoms with van der Waals surface area (Å²) in [6, 6.07) is -0.282. The highest BCUT2D eigenvalue weighted by Gasteiger charge is 2.19. The van der Waals surface area contributed by atoms with Gasteiger partial charge in [0, 0.05) is 6.61 Å². The Morgan fingerprint density at radius 2 is 2.09 bits per heavy atom. The Kier molecular flexibility index (Phi) is 4.93. The summed E-state index contributed by atoms with van der Waals surface area (Å²) >= 11 is 0. The lowest BCUT2D eigenvalue weighted by Gasteiger charge is -2.23. The van der Waals surface area contributed by atoms with Gasteiger partial charge in [0.05, 0.1) is 12.1 Å². The first kappa shape index (κ1) is 10.5. The second-order valence-electron chi connectivity index (χ2n) is 2.86. The van der Waals surface area contributed by atoms with Crippen molar-refractivity contribution in [2.75, 3.05) is 6.61 Å². The van der Waals surface area contributed by atoms with E-state index >= 15 is 0 Å². The molecule has 2 nitrogen and oxygen atoms in total. The molecule has 0 bridgehead atoms. The van der Waals surface area contributed by atoms with E-state index in [0.717, 1.165) is 0 Å². The van der Waals surface area contributed by atoms with Gasteiger partial charge in [0.25, 0.3) is 0 Å². The predicted molar refractivity (Wildman–Crippen MR) is 47.1 cm³/mol. The highest BCUT2D eigenvalue weighted by atomic mass is 16.5. The van der Waals surface area contributed by atoms with Gasteiger partial charge in [0.2, 0.25) is 0 Å². The third kappa shape index (κ3) is 3.41. The summed E-state index contributed by atoms with van der Waals surface area (Å²) in [5.74, 6) is 2.86. The molecule has 64 valence electrons. The molecule has 0 heterocycles. The molecule has 0 fully saturated rings. The minimum atomic E-state index is -0.282. The van der Waals surface area contributed by atoms with E-state index in [-0.39, 0.29) is 12.1 Å². The molecule has 0 radical (unpaired) electrons. The third-order valence-corrected chi connectivity index (χ3v) is 1.56. The predicted octanol–water partition coefficient (Wildman–Crippen LogP) is 1.01. The van der Waals surface area contributed by atoms with E-state index in [2.05, 4.69) is 19.8 Å². The van der Waals surface area contributed by atoms with Gasteiger partial charge in [-0.25, -0.2) is 0 Å². The van der Waals surface area contributed by atoms with Gasteiger partial charge < -0.3 is 10.5 Å². The molecule has 2 N–H and O–H groups in total. The number of hydrogen-bond acceptors (Lipinski definition) is 2. The Morgan fingerprint density at radius 1 is 1.55 bits per heavy atom. The summed E-state index contributed by atoms with van der Waals surface area (Å²) in [5.41, 5.74) is 5.64. The van der Waals surface area contributed by atoms with Crippen LogP contribution in [0.15, 0.2) is 0 Å². The van der Waals surface area contributed by atoms with Crippen LogP contribution in [0.4, 0.5) is 0 Å². The van der Waals surface area contributed by atoms with Crippen LogP contribution in [0.5, 0.6) is 0 Å². The Balaban J connectivity index is 4.00. The lowest BCUT2D eigenvalue weighted by Crippen LogP contribution is -2.39. The molecule has 0 amide bonds. The summed E-state index contributed by atoms with van der Waals surface area (Å²) in [5, 5.41) is 0. The van der Waals surface area contributed by atoms with Crippen molar-refractivity contribution in [3.8, 4) is 12.3 Å². The van der Waals surface area contributed by atoms with Crippen LogP contribution in [0.2, 0.25) is 0 Å². The highest BCUT2D eigenvalue weighted by Crippen LogP contribution is 2.08. The quantitative estimate of drug-likeness (QED) is 0.615. The number of hydrogen-bond donors (Lipinski definition) is 1. The van der Waals surface area contributed by atoms with Crippen molar-refractivity contribution < 1.29 is 4.74 Å². The molecule has 0 saturated heterocycles. The molecule has 0 aliphatic carbocycles. The summed E-state index contributed by atoms with van der Waals surface area (Å²) < 4.78 is 5.39. The van der Waals surface area contributed by atoms with Gasteiger partial charge >= 0.3 is 0 Å². The second-order valence-corrected chi connectivity index (χ2v) is 2.86. The number of rotatable bonds is 4. The minimum Gasteiger partial charge on any atom is -0.376 e. The number of ether oxygens (including phenoxy) is 1. The zero-order chi connectivity index (χ0) is 8.85. The Labute approximate surface area is 69.1 Å². The molecule has 0 rings (SSSR count). The van der Waals surface area contributed by atoms with Gasteiger partial charge in [0.15, 0.2) is 0 Å². The molecule has 2 heteroatoms. The zero-order valence-corrected chi connectivity index (χ0v) is 7.50. The van der Waals surface area contributed by atoms with Gasteiger partial charge in [-0.3, -0.25) is 0 Å². The Bertz CT molecular complexity index is 137. The molecule has 0 saturated carbocycles. The highest BCUT2D eigenvalue weighted by molar-refractivity contribution is 5.01. The van der Waals surface area contributed by atoms with Gasteiger partial charge in [-0.05, 0) is 12.8 Å². The standard InChI is InChI=1S/C9H17NO/c1-5-8(10)9(7(3)4)11-6-2/h1,7-9H,6,10H2,2-4H3. The van der Waals surface area contributed by atoms with E-state index in [9.17, 15) is 0 Å². The average Bonchev–Trinajstić information content (AvgIpc) is 1.98. The van der Waals surface area contributed by atoms with E-state index in [1.807, 2.05) is 6.92 Å². The number of terminal acetylenes is 1. The minimum absolute atomic E-state index is 0.00926. The molecular formula is C9H17NO. The van der Waals surface area contributed by atoms with Crippen molar-refractivity contribution in [2.24, 2.45) is 11.7 Å². The topological polar surface area (TPSA) is 35.2 Å². The fourth-order valence-electron chi connectivity index (χ4n) is 0.998. The van der Waals surface area contributed by atoms with Crippen LogP contribution in [0, 0.1) is 18.3 Å². The van der Waals surface area contributed by atoms with Crippen molar-refractivity contribution in [3.05, 3.63) is 0 Å². The van der Waals surface area contributed by atoms with Crippen LogP contribution in [-0.4, -0.2) is 18.8 Å². The van der Waals surface area contributed by atoms with Crippen molar-refractivity contribution in [2.45, 2.75) is 32.9 Å². The maximum Gasteiger partial charge on any atom is 0.0930 e. The van der Waals surface area contributed by atoms with Crippen LogP contribution >= 0.6 is 0 Å². The van der Waals surface area contributed by atoms with Crippen LogP contribution < -0.4 is 5.73 Å². The van der Waals surface area contributed by atoms with E-state index in [0.29, 0.717) is 12.5 Å². The van der Waals surface area contributed by atoms with Crippen molar-refractivity contribution >= 4 is 0 Å². The molecule has 11 heavy (non-hydrogen) atoms. The van der Waals surface area contributed by atoms with Crippen molar-refractivity contribution in [1.82, 2.24) is 0 Å². The molecule has 0 aromatic carbocycles. The summed E-state index contributed by atoms with van der Waals surface area (Å²) in [6.07, 6.45) is 5.18. The van der Waals surface area contributed by atoms with E-state index < -0.39 is 0 Å². The second kappa shape index (κ2) is 5.17. The first-order valence-corrected chi connectivity index (χ1v) is 3.96. The monoisotopic (exact) mass is 155 g/mol. The van der Waals surface area contributed by atoms with Gasteiger partial charge in [-0.2, -0.15) is 0 Å². The van der Waals surface area contributed by atoms with Gasteiger partial charge in [-0.1, -0.05) is 19.8 Å². The van der Waals surface area contributed by atoms with Crippen LogP contribution in [-0.2, 0) is 4.74 Å². The smallest absolute Gasteiger partial charge is 0.0930 e. The van der Waals surface area contributed by atoms with Crippen LogP contribution in [0.1, 0.15) is 20.8 Å². The SMILES string of the molecule is C#CC(N)C(OCC)C(C)C. The first-order chi connectivity index (χ1) is 5.13. The zero-order valence-electron chi connectivity index (χ0n) is 7.50. The third-order valence-electron chi connectivity index (χ3n) is 1.56. The first-order valence-electron chi connectivity index (χ1n) is 3.96. The van der Waals surface area contributed by atoms with Crippen molar-refractivity contribution in [1.29, 1.82) is 0 Å². The maximum absolute atomic E-state index is 5.64. The molecular weight excluding hydrogens is 138 g/mol. The van der Waals surface area contributed by atoms with Crippen LogP contribution in [0.25, 0.3) is 0 Å². The normalized spacial score (nSPS) is 16.0. The lowest BCUT2D eigenvalue weighted by atomic mass is 10.0. The van der Waals surface area contributed by atoms with Crippen LogP contribution in [0.3, 0.4) is 0 Å². The maximum atomic E-state index is 5.64. The van der Waals surface area contributed by atoms with E-state index in [4.69, 9.17) is 16.9 Å². The van der Waals surface area contributed by atoms with Crippen molar-refractivity contribution in [3.63, 3.8) is 0 Å². The summed E-state index contributed by atoms with van der Waals surface area (Å²) in [7, 11) is 0. The summed E-state index contributed by atoms with van der Waals surface area (Å²) in [4.78, 5) is 0. The Hall–Kier alpha value is -0.520. The average molecular weight is 155 g/mol. The summed E-state index contributed by atoms with van der Waals surface area (Å²) in [6.45, 7) is 6.71. The Morgan fingerprint density at radius 3 is 2.36 bits per heavy atom. The number of nitrogens with two attached hydrogens (primary N) is 1. The largest absolute Gasteiger partial charge is 0.376 e. The molecule has 0 aliphatic rings. The molecule has 2 unspecified atom stereocenters. The fourth-order valence-corrected chi connectivity index (χ4v) is 0.998. The molecule has 0 aromatic rings. The fraction of sp³-hybridized carbons (Fsp3) is 0.778. The molecule has 0 aromatic heterocycles. The van der Waals surface area contributed by atoms with Gasteiger partial charge in [0.1, 0.15) is 0 Å². The lowest BCUT2D eigenvalue weighted by molar-refractivity contribution is 0.0243. The molecule has 0 aliphatic heterocycles. The molecule has 2 atom stereocenters. The molecule has 0 spiro atoms. The van der Waals surface area contributed by atoms with E-state index in [1.165, 1.54) is 0 Å².